The van der Waals surface area contributed by atoms with E-state index < -0.39 is 0 Å². The van der Waals surface area contributed by atoms with Crippen LogP contribution in [-0.4, -0.2) is 18.0 Å². The fraction of sp³-hybridized carbons (Fsp3) is 0.929. The van der Waals surface area contributed by atoms with Crippen LogP contribution in [0.5, 0.6) is 0 Å². The second-order valence-corrected chi connectivity index (χ2v) is 6.35. The second-order valence-electron chi connectivity index (χ2n) is 6.35. The highest BCUT2D eigenvalue weighted by Crippen LogP contribution is 2.51. The van der Waals surface area contributed by atoms with Crippen molar-refractivity contribution in [2.75, 3.05) is 6.61 Å². The maximum absolute atomic E-state index is 12.4. The Morgan fingerprint density at radius 2 is 1.88 bits per heavy atom. The molecule has 1 saturated heterocycles. The van der Waals surface area contributed by atoms with Crippen LogP contribution in [0.1, 0.15) is 58.3 Å². The summed E-state index contributed by atoms with van der Waals surface area (Å²) in [6.45, 7) is 2.96. The van der Waals surface area contributed by atoms with Crippen molar-refractivity contribution in [1.82, 2.24) is 0 Å². The van der Waals surface area contributed by atoms with E-state index in [0.717, 1.165) is 32.3 Å². The summed E-state index contributed by atoms with van der Waals surface area (Å²) >= 11 is 0. The summed E-state index contributed by atoms with van der Waals surface area (Å²) in [6.07, 6.45) is 9.18. The first kappa shape index (κ1) is 10.8. The van der Waals surface area contributed by atoms with Crippen molar-refractivity contribution in [1.29, 1.82) is 0 Å². The van der Waals surface area contributed by atoms with Gasteiger partial charge in [-0.25, -0.2) is 0 Å². The van der Waals surface area contributed by atoms with Crippen LogP contribution in [0.25, 0.3) is 0 Å². The Balaban J connectivity index is 1.70. The number of rotatable bonds is 2. The third-order valence-corrected chi connectivity index (χ3v) is 4.97. The second kappa shape index (κ2) is 3.56. The summed E-state index contributed by atoms with van der Waals surface area (Å²) in [4.78, 5) is 12.4. The topological polar surface area (TPSA) is 26.3 Å². The first-order valence-corrected chi connectivity index (χ1v) is 6.82. The smallest absolute Gasteiger partial charge is 0.142 e. The van der Waals surface area contributed by atoms with Crippen LogP contribution in [0.4, 0.5) is 0 Å². The number of carbonyl (C=O) groups excluding carboxylic acids is 1. The molecule has 0 amide bonds. The zero-order valence-electron chi connectivity index (χ0n) is 10.3. The molecule has 1 unspecified atom stereocenters. The summed E-state index contributed by atoms with van der Waals surface area (Å²) in [5.74, 6) is 0.849. The molecule has 3 rings (SSSR count). The zero-order chi connectivity index (χ0) is 11.2. The predicted octanol–water partition coefficient (Wildman–Crippen LogP) is 3.10. The zero-order valence-corrected chi connectivity index (χ0v) is 10.3. The Hall–Kier alpha value is -0.370. The molecule has 1 atom stereocenters. The molecule has 1 heterocycles. The van der Waals surface area contributed by atoms with Crippen LogP contribution >= 0.6 is 0 Å². The average molecular weight is 222 g/mol. The Labute approximate surface area is 97.7 Å². The lowest BCUT2D eigenvalue weighted by Gasteiger charge is -2.38. The normalized spacial score (nSPS) is 35.2. The van der Waals surface area contributed by atoms with Gasteiger partial charge in [0.1, 0.15) is 5.78 Å². The maximum Gasteiger partial charge on any atom is 0.142 e. The van der Waals surface area contributed by atoms with Crippen molar-refractivity contribution in [3.05, 3.63) is 0 Å². The third-order valence-electron chi connectivity index (χ3n) is 4.97. The van der Waals surface area contributed by atoms with Crippen LogP contribution < -0.4 is 0 Å². The van der Waals surface area contributed by atoms with Crippen LogP contribution in [0.15, 0.2) is 0 Å². The van der Waals surface area contributed by atoms with Gasteiger partial charge in [0.25, 0.3) is 0 Å². The summed E-state index contributed by atoms with van der Waals surface area (Å²) < 4.78 is 5.99. The SMILES string of the molecule is CC1(C(=O)C2CCOC3(CCCC3)C2)CC1. The van der Waals surface area contributed by atoms with Gasteiger partial charge in [-0.2, -0.15) is 0 Å². The molecule has 1 spiro atoms. The van der Waals surface area contributed by atoms with E-state index in [-0.39, 0.29) is 11.0 Å². The van der Waals surface area contributed by atoms with E-state index in [1.807, 2.05) is 0 Å². The summed E-state index contributed by atoms with van der Waals surface area (Å²) in [5, 5.41) is 0. The summed E-state index contributed by atoms with van der Waals surface area (Å²) in [5.41, 5.74) is 0.158. The Bertz CT molecular complexity index is 298. The number of Topliss-reactive ketones (excluding diaryl/α,β-unsaturated/α-hetero) is 1. The van der Waals surface area contributed by atoms with Crippen LogP contribution in [0.3, 0.4) is 0 Å². The minimum atomic E-state index is 0.0573. The van der Waals surface area contributed by atoms with Gasteiger partial charge in [0.2, 0.25) is 0 Å². The van der Waals surface area contributed by atoms with Gasteiger partial charge in [-0.15, -0.1) is 0 Å². The lowest BCUT2D eigenvalue weighted by atomic mass is 9.78. The quantitative estimate of drug-likeness (QED) is 0.717. The molecule has 1 aliphatic heterocycles. The molecule has 90 valence electrons. The van der Waals surface area contributed by atoms with Gasteiger partial charge in [0, 0.05) is 17.9 Å². The highest BCUT2D eigenvalue weighted by Gasteiger charge is 2.50. The Kier molecular flexibility index (Phi) is 2.39. The lowest BCUT2D eigenvalue weighted by molar-refractivity contribution is -0.140. The van der Waals surface area contributed by atoms with Crippen molar-refractivity contribution < 1.29 is 9.53 Å². The van der Waals surface area contributed by atoms with E-state index in [4.69, 9.17) is 4.74 Å². The molecular formula is C14H22O2. The van der Waals surface area contributed by atoms with E-state index in [0.29, 0.717) is 11.7 Å². The first-order chi connectivity index (χ1) is 7.64. The summed E-state index contributed by atoms with van der Waals surface area (Å²) in [7, 11) is 0. The van der Waals surface area contributed by atoms with E-state index >= 15 is 0 Å². The molecule has 0 aromatic heterocycles. The molecule has 0 N–H and O–H groups in total. The van der Waals surface area contributed by atoms with Crippen molar-refractivity contribution in [3.63, 3.8) is 0 Å². The van der Waals surface area contributed by atoms with Crippen molar-refractivity contribution in [2.45, 2.75) is 63.9 Å². The number of carbonyl (C=O) groups is 1. The number of ether oxygens (including phenoxy) is 1. The molecule has 3 aliphatic rings. The van der Waals surface area contributed by atoms with Gasteiger partial charge < -0.3 is 4.74 Å². The van der Waals surface area contributed by atoms with Gasteiger partial charge in [-0.1, -0.05) is 19.8 Å². The highest BCUT2D eigenvalue weighted by atomic mass is 16.5. The van der Waals surface area contributed by atoms with E-state index in [2.05, 4.69) is 6.92 Å². The van der Waals surface area contributed by atoms with Crippen LogP contribution in [-0.2, 0) is 9.53 Å². The highest BCUT2D eigenvalue weighted by molar-refractivity contribution is 5.89. The maximum atomic E-state index is 12.4. The predicted molar refractivity (Wildman–Crippen MR) is 62.2 cm³/mol. The number of hydrogen-bond donors (Lipinski definition) is 0. The van der Waals surface area contributed by atoms with Crippen LogP contribution in [0, 0.1) is 11.3 Å². The van der Waals surface area contributed by atoms with Gasteiger partial charge >= 0.3 is 0 Å². The van der Waals surface area contributed by atoms with Crippen LogP contribution in [0.2, 0.25) is 0 Å². The molecule has 2 heteroatoms. The third kappa shape index (κ3) is 1.71. The fourth-order valence-electron chi connectivity index (χ4n) is 3.55. The largest absolute Gasteiger partial charge is 0.375 e. The van der Waals surface area contributed by atoms with Crippen molar-refractivity contribution in [3.8, 4) is 0 Å². The molecule has 2 saturated carbocycles. The molecular weight excluding hydrogens is 200 g/mol. The van der Waals surface area contributed by atoms with Gasteiger partial charge in [-0.3, -0.25) is 4.79 Å². The van der Waals surface area contributed by atoms with Gasteiger partial charge in [0.15, 0.2) is 0 Å². The number of hydrogen-bond acceptors (Lipinski definition) is 2. The Morgan fingerprint density at radius 3 is 2.50 bits per heavy atom. The fourth-order valence-corrected chi connectivity index (χ4v) is 3.55. The molecule has 0 bridgehead atoms. The number of ketones is 1. The molecule has 2 aliphatic carbocycles. The van der Waals surface area contributed by atoms with E-state index in [1.54, 1.807) is 0 Å². The van der Waals surface area contributed by atoms with Gasteiger partial charge in [-0.05, 0) is 38.5 Å². The lowest BCUT2D eigenvalue weighted by Crippen LogP contribution is -2.41. The molecule has 0 radical (unpaired) electrons. The molecule has 16 heavy (non-hydrogen) atoms. The average Bonchev–Trinajstić information content (AvgIpc) is 2.89. The monoisotopic (exact) mass is 222 g/mol. The molecule has 2 nitrogen and oxygen atoms in total. The minimum absolute atomic E-state index is 0.0573. The van der Waals surface area contributed by atoms with E-state index in [9.17, 15) is 4.79 Å². The van der Waals surface area contributed by atoms with Crippen molar-refractivity contribution in [2.24, 2.45) is 11.3 Å². The standard InChI is InChI=1S/C14H22O2/c1-13(7-8-13)12(15)11-4-9-16-14(10-11)5-2-3-6-14/h11H,2-10H2,1H3. The minimum Gasteiger partial charge on any atom is -0.375 e. The molecule has 0 aromatic rings. The van der Waals surface area contributed by atoms with Gasteiger partial charge in [0.05, 0.1) is 5.60 Å². The van der Waals surface area contributed by atoms with Crippen molar-refractivity contribution >= 4 is 5.78 Å². The first-order valence-electron chi connectivity index (χ1n) is 6.82. The Morgan fingerprint density at radius 1 is 1.19 bits per heavy atom. The molecule has 0 aromatic carbocycles. The van der Waals surface area contributed by atoms with E-state index in [1.165, 1.54) is 25.7 Å². The molecule has 3 fully saturated rings. The summed E-state index contributed by atoms with van der Waals surface area (Å²) in [6, 6.07) is 0.